The third kappa shape index (κ3) is 2.78. The molecular formula is CH9B6NO. The SMILES string of the molecule is BBN(B)C(=O)B(B)B. The van der Waals surface area contributed by atoms with Crippen LogP contribution in [-0.2, 0) is 0 Å². The Morgan fingerprint density at radius 3 is 2.11 bits per heavy atom. The highest BCUT2D eigenvalue weighted by Crippen LogP contribution is 1.81. The summed E-state index contributed by atoms with van der Waals surface area (Å²) in [6, 6.07) is 0. The first-order chi connectivity index (χ1) is 4.09. The Balaban J connectivity index is 3.73. The Morgan fingerprint density at radius 2 is 2.00 bits per heavy atom. The summed E-state index contributed by atoms with van der Waals surface area (Å²) in [5, 5.41) is 0. The van der Waals surface area contributed by atoms with Gasteiger partial charge in [0.05, 0.1) is 23.2 Å². The zero-order chi connectivity index (χ0) is 7.44. The summed E-state index contributed by atoms with van der Waals surface area (Å²) in [5.41, 5.74) is 0. The molecule has 0 spiro atoms. The fourth-order valence-electron chi connectivity index (χ4n) is 0.597. The maximum atomic E-state index is 11.0. The Bertz CT molecular complexity index is 103. The fourth-order valence-corrected chi connectivity index (χ4v) is 0.597. The maximum absolute atomic E-state index is 11.0. The van der Waals surface area contributed by atoms with Gasteiger partial charge in [-0.2, -0.15) is 0 Å². The standard InChI is InChI=1S/CH9B6NO/c2-6-8(5)1(9)7(3)4/h6H,2-5H2. The highest BCUT2D eigenvalue weighted by Gasteiger charge is 2.12. The van der Waals surface area contributed by atoms with E-state index in [1.54, 1.807) is 4.72 Å². The second-order valence-electron chi connectivity index (χ2n) is 2.51. The highest BCUT2D eigenvalue weighted by molar-refractivity contribution is 7.43. The van der Waals surface area contributed by atoms with Crippen molar-refractivity contribution in [1.82, 2.24) is 4.72 Å². The van der Waals surface area contributed by atoms with Crippen LogP contribution >= 0.6 is 0 Å². The molecular weight excluding hydrogens is 107 g/mol. The number of amides is 1. The molecule has 0 aliphatic heterocycles. The summed E-state index contributed by atoms with van der Waals surface area (Å²) in [6.07, 6.45) is 0. The Hall–Kier alpha value is -0.140. The van der Waals surface area contributed by atoms with Crippen molar-refractivity contribution in [2.75, 3.05) is 0 Å². The van der Waals surface area contributed by atoms with Gasteiger partial charge in [0.15, 0.2) is 13.8 Å². The monoisotopic (exact) mass is 117 g/mol. The second kappa shape index (κ2) is 3.80. The van der Waals surface area contributed by atoms with E-state index in [0.717, 1.165) is 7.31 Å². The number of rotatable bonds is 2. The number of carbonyl (C=O) groups is 1. The van der Waals surface area contributed by atoms with E-state index < -0.39 is 0 Å². The van der Waals surface area contributed by atoms with Gasteiger partial charge in [0.25, 0.3) is 0 Å². The molecule has 0 unspecified atom stereocenters. The third-order valence-electron chi connectivity index (χ3n) is 1.34. The first-order valence-electron chi connectivity index (χ1n) is 3.34. The van der Waals surface area contributed by atoms with Crippen molar-refractivity contribution in [3.8, 4) is 0 Å². The van der Waals surface area contributed by atoms with E-state index in [0.29, 0.717) is 0 Å². The third-order valence-corrected chi connectivity index (χ3v) is 1.34. The van der Waals surface area contributed by atoms with Crippen molar-refractivity contribution in [2.45, 2.75) is 0 Å². The number of hydrogen-bond donors (Lipinski definition) is 0. The molecule has 1 amide bonds. The lowest BCUT2D eigenvalue weighted by Gasteiger charge is -2.16. The normalized spacial score (nSPS) is 8.00. The van der Waals surface area contributed by atoms with E-state index in [2.05, 4.69) is 0 Å². The molecule has 0 rings (SSSR count). The van der Waals surface area contributed by atoms with Gasteiger partial charge in [-0.1, -0.05) is 0 Å². The Morgan fingerprint density at radius 1 is 1.56 bits per heavy atom. The zero-order valence-electron chi connectivity index (χ0n) is 6.64. The van der Waals surface area contributed by atoms with E-state index in [4.69, 9.17) is 0 Å². The summed E-state index contributed by atoms with van der Waals surface area (Å²) < 4.78 is 1.73. The molecule has 8 heteroatoms. The Kier molecular flexibility index (Phi) is 3.75. The fraction of sp³-hybridized carbons (Fsp3) is 0. The van der Waals surface area contributed by atoms with Gasteiger partial charge in [-0.15, -0.1) is 0 Å². The Labute approximate surface area is 61.1 Å². The van der Waals surface area contributed by atoms with E-state index in [1.807, 2.05) is 31.2 Å². The van der Waals surface area contributed by atoms with Crippen molar-refractivity contribution in [3.63, 3.8) is 0 Å². The smallest absolute Gasteiger partial charge is 0.203 e. The zero-order valence-corrected chi connectivity index (χ0v) is 6.64. The average Bonchev–Trinajstić information content (AvgIpc) is 1.84. The predicted molar refractivity (Wildman–Crippen MR) is 54.3 cm³/mol. The van der Waals surface area contributed by atoms with Gasteiger partial charge in [-0.25, -0.2) is 0 Å². The van der Waals surface area contributed by atoms with Crippen LogP contribution in [-0.4, -0.2) is 55.5 Å². The quantitative estimate of drug-likeness (QED) is 0.331. The topological polar surface area (TPSA) is 20.3 Å². The van der Waals surface area contributed by atoms with Crippen molar-refractivity contribution < 1.29 is 4.79 Å². The first-order valence-corrected chi connectivity index (χ1v) is 3.34. The first kappa shape index (κ1) is 8.86. The molecule has 2 nitrogen and oxygen atoms in total. The molecule has 0 aliphatic rings. The molecule has 0 aromatic carbocycles. The van der Waals surface area contributed by atoms with Crippen LogP contribution in [0.2, 0.25) is 0 Å². The molecule has 0 aromatic heterocycles. The number of nitrogens with zero attached hydrogens (tertiary/aromatic N) is 1. The minimum atomic E-state index is 0.134. The molecule has 0 aromatic rings. The minimum absolute atomic E-state index is 0.134. The van der Waals surface area contributed by atoms with Crippen LogP contribution in [0.5, 0.6) is 0 Å². The van der Waals surface area contributed by atoms with Gasteiger partial charge in [-0.05, 0) is 0 Å². The predicted octanol–water partition coefficient (Wildman–Crippen LogP) is -4.81. The van der Waals surface area contributed by atoms with Crippen LogP contribution in [0.15, 0.2) is 0 Å². The van der Waals surface area contributed by atoms with Crippen molar-refractivity contribution in [1.29, 1.82) is 0 Å². The van der Waals surface area contributed by atoms with Crippen LogP contribution in [0.4, 0.5) is 4.79 Å². The molecule has 0 bridgehead atoms. The van der Waals surface area contributed by atoms with Crippen LogP contribution in [0, 0.1) is 0 Å². The van der Waals surface area contributed by atoms with E-state index in [1.165, 1.54) is 0 Å². The molecule has 42 valence electrons. The molecule has 0 radical (unpaired) electrons. The van der Waals surface area contributed by atoms with E-state index >= 15 is 0 Å². The second-order valence-corrected chi connectivity index (χ2v) is 2.51. The van der Waals surface area contributed by atoms with Gasteiger partial charge >= 0.3 is 0 Å². The minimum Gasteiger partial charge on any atom is -0.456 e. The number of carbonyl (C=O) groups excluding carboxylic acids is 1. The van der Waals surface area contributed by atoms with Crippen LogP contribution in [0.25, 0.3) is 0 Å². The van der Waals surface area contributed by atoms with Crippen molar-refractivity contribution in [2.24, 2.45) is 0 Å². The van der Waals surface area contributed by atoms with Crippen molar-refractivity contribution >= 4 is 50.8 Å². The summed E-state index contributed by atoms with van der Waals surface area (Å²) in [4.78, 5) is 11.0. The van der Waals surface area contributed by atoms with Crippen molar-refractivity contribution in [3.05, 3.63) is 0 Å². The maximum Gasteiger partial charge on any atom is 0.203 e. The molecule has 0 atom stereocenters. The lowest BCUT2D eigenvalue weighted by atomic mass is 9.18. The van der Waals surface area contributed by atoms with Gasteiger partial charge in [0, 0.05) is 0 Å². The average molecular weight is 116 g/mol. The summed E-state index contributed by atoms with van der Waals surface area (Å²) in [7, 11) is 8.42. The van der Waals surface area contributed by atoms with E-state index in [9.17, 15) is 4.79 Å². The molecule has 0 fully saturated rings. The van der Waals surface area contributed by atoms with Crippen LogP contribution in [0.3, 0.4) is 0 Å². The molecule has 0 aliphatic carbocycles. The van der Waals surface area contributed by atoms with Gasteiger partial charge in [-0.3, -0.25) is 4.79 Å². The molecule has 0 heterocycles. The highest BCUT2D eigenvalue weighted by atomic mass is 16.1. The van der Waals surface area contributed by atoms with Crippen LogP contribution in [0.1, 0.15) is 0 Å². The number of hydrogen-bond acceptors (Lipinski definition) is 1. The van der Waals surface area contributed by atoms with Gasteiger partial charge < -0.3 is 4.72 Å². The van der Waals surface area contributed by atoms with Crippen LogP contribution < -0.4 is 0 Å². The van der Waals surface area contributed by atoms with Gasteiger partial charge in [0.1, 0.15) is 5.81 Å². The lowest BCUT2D eigenvalue weighted by molar-refractivity contribution is 0.255. The molecule has 0 saturated carbocycles. The molecule has 9 heavy (non-hydrogen) atoms. The molecule has 0 N–H and O–H groups in total. The summed E-state index contributed by atoms with van der Waals surface area (Å²) in [6.45, 7) is 0.134. The van der Waals surface area contributed by atoms with E-state index in [-0.39, 0.29) is 12.3 Å². The largest absolute Gasteiger partial charge is 0.456 e. The molecule has 0 saturated heterocycles. The summed E-state index contributed by atoms with van der Waals surface area (Å²) >= 11 is 0. The lowest BCUT2D eigenvalue weighted by Crippen LogP contribution is -2.42. The van der Waals surface area contributed by atoms with Gasteiger partial charge in [0.2, 0.25) is 7.98 Å². The summed E-state index contributed by atoms with van der Waals surface area (Å²) in [5.74, 6) is 0.220.